The van der Waals surface area contributed by atoms with Crippen LogP contribution in [0.3, 0.4) is 0 Å². The van der Waals surface area contributed by atoms with Gasteiger partial charge in [0.05, 0.1) is 7.11 Å². The van der Waals surface area contributed by atoms with Gasteiger partial charge in [0.15, 0.2) is 0 Å². The van der Waals surface area contributed by atoms with Crippen molar-refractivity contribution in [2.75, 3.05) is 12.8 Å². The van der Waals surface area contributed by atoms with Crippen molar-refractivity contribution in [3.63, 3.8) is 0 Å². The van der Waals surface area contributed by atoms with Crippen LogP contribution in [0.1, 0.15) is 23.1 Å². The number of nitrogen functional groups attached to an aromatic ring is 1. The minimum Gasteiger partial charge on any atom is -0.496 e. The minimum absolute atomic E-state index is 0.716. The molecular weight excluding hydrogens is 270 g/mol. The van der Waals surface area contributed by atoms with Gasteiger partial charge < -0.3 is 10.5 Å². The van der Waals surface area contributed by atoms with Crippen LogP contribution in [-0.4, -0.2) is 7.11 Å². The molecule has 0 radical (unpaired) electrons. The number of hydrogen-bond acceptors (Lipinski definition) is 2. The molecule has 2 nitrogen and oxygen atoms in total. The number of ether oxygens (including phenoxy) is 1. The van der Waals surface area contributed by atoms with Crippen LogP contribution in [0.25, 0.3) is 11.6 Å². The molecule has 0 spiro atoms. The second-order valence-corrected chi connectivity index (χ2v) is 5.41. The van der Waals surface area contributed by atoms with E-state index in [9.17, 15) is 0 Å². The molecule has 0 aromatic heterocycles. The molecule has 2 N–H and O–H groups in total. The number of aryl methyl sites for hydroxylation is 1. The number of fused-ring (bicyclic) bond motifs is 1. The lowest BCUT2D eigenvalue weighted by atomic mass is 10.0. The van der Waals surface area contributed by atoms with Gasteiger partial charge in [-0.1, -0.05) is 17.7 Å². The Morgan fingerprint density at radius 1 is 1.15 bits per heavy atom. The van der Waals surface area contributed by atoms with Crippen LogP contribution in [0.15, 0.2) is 36.4 Å². The summed E-state index contributed by atoms with van der Waals surface area (Å²) in [5, 5.41) is 0.716. The minimum atomic E-state index is 0.716. The van der Waals surface area contributed by atoms with Crippen molar-refractivity contribution in [1.29, 1.82) is 0 Å². The lowest BCUT2D eigenvalue weighted by Gasteiger charge is -2.07. The van der Waals surface area contributed by atoms with Crippen LogP contribution < -0.4 is 10.5 Å². The van der Waals surface area contributed by atoms with Gasteiger partial charge in [0.1, 0.15) is 5.75 Å². The van der Waals surface area contributed by atoms with Gasteiger partial charge in [0, 0.05) is 16.3 Å². The first-order chi connectivity index (χ1) is 9.67. The van der Waals surface area contributed by atoms with Crippen LogP contribution in [0.2, 0.25) is 5.02 Å². The van der Waals surface area contributed by atoms with Gasteiger partial charge in [-0.2, -0.15) is 0 Å². The third-order valence-corrected chi connectivity index (χ3v) is 3.90. The van der Waals surface area contributed by atoms with Crippen molar-refractivity contribution >= 4 is 28.9 Å². The summed E-state index contributed by atoms with van der Waals surface area (Å²) >= 11 is 6.08. The SMILES string of the molecule is COc1ccc(Cl)cc1C=C1CCc2cc(N)ccc21. The molecule has 0 amide bonds. The van der Waals surface area contributed by atoms with E-state index >= 15 is 0 Å². The summed E-state index contributed by atoms with van der Waals surface area (Å²) in [5.41, 5.74) is 11.6. The van der Waals surface area contributed by atoms with Gasteiger partial charge in [-0.3, -0.25) is 0 Å². The summed E-state index contributed by atoms with van der Waals surface area (Å²) in [5.74, 6) is 0.839. The molecule has 0 unspecified atom stereocenters. The fourth-order valence-electron chi connectivity index (χ4n) is 2.69. The van der Waals surface area contributed by atoms with Gasteiger partial charge in [-0.25, -0.2) is 0 Å². The van der Waals surface area contributed by atoms with E-state index in [-0.39, 0.29) is 0 Å². The van der Waals surface area contributed by atoms with Crippen LogP contribution in [0.4, 0.5) is 5.69 Å². The maximum Gasteiger partial charge on any atom is 0.126 e. The van der Waals surface area contributed by atoms with Crippen molar-refractivity contribution in [3.05, 3.63) is 58.1 Å². The predicted octanol–water partition coefficient (Wildman–Crippen LogP) is 4.42. The van der Waals surface area contributed by atoms with Crippen molar-refractivity contribution in [3.8, 4) is 5.75 Å². The number of benzene rings is 2. The van der Waals surface area contributed by atoms with Gasteiger partial charge in [-0.15, -0.1) is 0 Å². The van der Waals surface area contributed by atoms with Crippen molar-refractivity contribution in [2.45, 2.75) is 12.8 Å². The van der Waals surface area contributed by atoms with E-state index in [0.29, 0.717) is 5.02 Å². The van der Waals surface area contributed by atoms with Crippen molar-refractivity contribution < 1.29 is 4.74 Å². The van der Waals surface area contributed by atoms with Gasteiger partial charge >= 0.3 is 0 Å². The first-order valence-corrected chi connectivity index (χ1v) is 6.98. The number of allylic oxidation sites excluding steroid dienone is 1. The molecule has 2 aromatic carbocycles. The van der Waals surface area contributed by atoms with E-state index in [1.165, 1.54) is 16.7 Å². The molecule has 0 bridgehead atoms. The molecule has 0 saturated heterocycles. The molecule has 20 heavy (non-hydrogen) atoms. The Morgan fingerprint density at radius 3 is 2.80 bits per heavy atom. The van der Waals surface area contributed by atoms with E-state index in [4.69, 9.17) is 22.1 Å². The molecule has 3 rings (SSSR count). The van der Waals surface area contributed by atoms with E-state index in [0.717, 1.165) is 29.8 Å². The summed E-state index contributed by atoms with van der Waals surface area (Å²) in [7, 11) is 1.68. The molecule has 0 atom stereocenters. The van der Waals surface area contributed by atoms with Gasteiger partial charge in [0.25, 0.3) is 0 Å². The Bertz CT molecular complexity index is 691. The molecule has 1 aliphatic rings. The fraction of sp³-hybridized carbons (Fsp3) is 0.176. The second-order valence-electron chi connectivity index (χ2n) is 4.97. The van der Waals surface area contributed by atoms with Crippen LogP contribution in [0, 0.1) is 0 Å². The third kappa shape index (κ3) is 2.39. The Balaban J connectivity index is 2.05. The number of rotatable bonds is 2. The zero-order valence-electron chi connectivity index (χ0n) is 11.3. The predicted molar refractivity (Wildman–Crippen MR) is 85.1 cm³/mol. The third-order valence-electron chi connectivity index (χ3n) is 3.66. The van der Waals surface area contributed by atoms with Crippen molar-refractivity contribution in [2.24, 2.45) is 0 Å². The largest absolute Gasteiger partial charge is 0.496 e. The zero-order valence-corrected chi connectivity index (χ0v) is 12.1. The molecule has 0 fully saturated rings. The molecule has 0 saturated carbocycles. The van der Waals surface area contributed by atoms with Crippen LogP contribution in [-0.2, 0) is 6.42 Å². The average molecular weight is 286 g/mol. The first-order valence-electron chi connectivity index (χ1n) is 6.60. The maximum absolute atomic E-state index is 6.08. The van der Waals surface area contributed by atoms with Gasteiger partial charge in [0.2, 0.25) is 0 Å². The zero-order chi connectivity index (χ0) is 14.1. The number of anilines is 1. The normalized spacial score (nSPS) is 15.4. The standard InChI is InChI=1S/C17H16ClNO/c1-20-17-7-4-14(18)9-13(17)8-11-2-3-12-10-15(19)5-6-16(11)12/h4-10H,2-3,19H2,1H3. The highest BCUT2D eigenvalue weighted by molar-refractivity contribution is 6.30. The summed E-state index contributed by atoms with van der Waals surface area (Å²) in [6, 6.07) is 11.8. The quantitative estimate of drug-likeness (QED) is 0.829. The van der Waals surface area contributed by atoms with E-state index in [1.54, 1.807) is 7.11 Å². The Labute approximate surface area is 123 Å². The van der Waals surface area contributed by atoms with E-state index in [1.807, 2.05) is 24.3 Å². The van der Waals surface area contributed by atoms with Crippen LogP contribution >= 0.6 is 11.6 Å². The molecule has 0 heterocycles. The lowest BCUT2D eigenvalue weighted by molar-refractivity contribution is 0.414. The summed E-state index contributed by atoms with van der Waals surface area (Å²) in [6.07, 6.45) is 4.22. The Hall–Kier alpha value is -1.93. The number of nitrogens with two attached hydrogens (primary N) is 1. The number of halogens is 1. The number of hydrogen-bond donors (Lipinski definition) is 1. The fourth-order valence-corrected chi connectivity index (χ4v) is 2.87. The van der Waals surface area contributed by atoms with Crippen molar-refractivity contribution in [1.82, 2.24) is 0 Å². The molecule has 2 aromatic rings. The Kier molecular flexibility index (Phi) is 3.41. The highest BCUT2D eigenvalue weighted by Crippen LogP contribution is 2.36. The topological polar surface area (TPSA) is 35.2 Å². The van der Waals surface area contributed by atoms with E-state index in [2.05, 4.69) is 18.2 Å². The smallest absolute Gasteiger partial charge is 0.126 e. The molecule has 1 aliphatic carbocycles. The second kappa shape index (κ2) is 5.22. The maximum atomic E-state index is 6.08. The average Bonchev–Trinajstić information content (AvgIpc) is 2.81. The molecule has 102 valence electrons. The molecular formula is C17H16ClNO. The lowest BCUT2D eigenvalue weighted by Crippen LogP contribution is -1.89. The summed E-state index contributed by atoms with van der Waals surface area (Å²) in [6.45, 7) is 0. The van der Waals surface area contributed by atoms with Crippen LogP contribution in [0.5, 0.6) is 5.75 Å². The molecule has 0 aliphatic heterocycles. The molecule has 3 heteroatoms. The Morgan fingerprint density at radius 2 is 2.00 bits per heavy atom. The van der Waals surface area contributed by atoms with E-state index < -0.39 is 0 Å². The monoisotopic (exact) mass is 285 g/mol. The van der Waals surface area contributed by atoms with Gasteiger partial charge in [-0.05, 0) is 65.9 Å². The number of methoxy groups -OCH3 is 1. The highest BCUT2D eigenvalue weighted by Gasteiger charge is 2.16. The first kappa shape index (κ1) is 13.1. The summed E-state index contributed by atoms with van der Waals surface area (Å²) in [4.78, 5) is 0. The summed E-state index contributed by atoms with van der Waals surface area (Å²) < 4.78 is 5.39. The highest BCUT2D eigenvalue weighted by atomic mass is 35.5.